The van der Waals surface area contributed by atoms with Gasteiger partial charge in [-0.2, -0.15) is 15.0 Å². The number of aromatic nitrogens is 8. The Morgan fingerprint density at radius 3 is 2.69 bits per heavy atom. The molecular weight excluding hydrogens is 444 g/mol. The zero-order valence-electron chi connectivity index (χ0n) is 16.9. The molecular formula is C19H16ClF2N9O. The lowest BCUT2D eigenvalue weighted by molar-refractivity contribution is 0.0936. The van der Waals surface area contributed by atoms with Crippen molar-refractivity contribution in [2.45, 2.75) is 12.3 Å². The monoisotopic (exact) mass is 459 g/mol. The van der Waals surface area contributed by atoms with Crippen LogP contribution in [0.25, 0.3) is 5.69 Å². The number of halogens is 3. The van der Waals surface area contributed by atoms with Gasteiger partial charge in [0, 0.05) is 19.7 Å². The number of tetrazole rings is 1. The smallest absolute Gasteiger partial charge is 0.292 e. The molecule has 4 rings (SSSR count). The Balaban J connectivity index is 1.58. The molecule has 164 valence electrons. The van der Waals surface area contributed by atoms with E-state index in [1.165, 1.54) is 4.80 Å². The first-order valence-corrected chi connectivity index (χ1v) is 9.67. The van der Waals surface area contributed by atoms with E-state index in [1.54, 1.807) is 31.4 Å². The molecule has 13 heteroatoms. The minimum Gasteiger partial charge on any atom is -0.348 e. The van der Waals surface area contributed by atoms with Crippen molar-refractivity contribution < 1.29 is 13.6 Å². The molecule has 0 spiro atoms. The second-order valence-electron chi connectivity index (χ2n) is 7.08. The Bertz CT molecular complexity index is 1290. The summed E-state index contributed by atoms with van der Waals surface area (Å²) in [5, 5.41) is 22.7. The van der Waals surface area contributed by atoms with Crippen molar-refractivity contribution in [3.63, 3.8) is 0 Å². The molecule has 1 unspecified atom stereocenters. The second kappa shape index (κ2) is 8.38. The van der Waals surface area contributed by atoms with E-state index in [1.807, 2.05) is 6.92 Å². The summed E-state index contributed by atoms with van der Waals surface area (Å²) in [6.07, 6.45) is 1.57. The van der Waals surface area contributed by atoms with Crippen LogP contribution in [0.5, 0.6) is 0 Å². The fraction of sp³-hybridized carbons (Fsp3) is 0.211. The van der Waals surface area contributed by atoms with Gasteiger partial charge in [-0.05, 0) is 36.4 Å². The average Bonchev–Trinajstić information content (AvgIpc) is 3.41. The number of rotatable bonds is 6. The van der Waals surface area contributed by atoms with Gasteiger partial charge in [0.1, 0.15) is 16.7 Å². The van der Waals surface area contributed by atoms with Crippen molar-refractivity contribution in [3.8, 4) is 5.69 Å². The zero-order chi connectivity index (χ0) is 22.9. The van der Waals surface area contributed by atoms with E-state index in [0.717, 1.165) is 16.9 Å². The van der Waals surface area contributed by atoms with Gasteiger partial charge in [0.2, 0.25) is 0 Å². The summed E-state index contributed by atoms with van der Waals surface area (Å²) >= 11 is 6.06. The van der Waals surface area contributed by atoms with E-state index < -0.39 is 23.0 Å². The number of aryl methyl sites for hydroxylation is 1. The van der Waals surface area contributed by atoms with Crippen LogP contribution >= 0.6 is 11.6 Å². The lowest BCUT2D eigenvalue weighted by Gasteiger charge is -2.27. The number of hydrogen-bond donors (Lipinski definition) is 1. The summed E-state index contributed by atoms with van der Waals surface area (Å²) in [4.78, 5) is 19.2. The largest absolute Gasteiger partial charge is 0.348 e. The predicted molar refractivity (Wildman–Crippen MR) is 108 cm³/mol. The molecule has 1 N–H and O–H groups in total. The summed E-state index contributed by atoms with van der Waals surface area (Å²) in [5.41, 5.74) is 0.0924. The van der Waals surface area contributed by atoms with E-state index >= 15 is 0 Å². The Labute approximate surface area is 185 Å². The third-order valence-electron chi connectivity index (χ3n) is 4.79. The number of nitrogens with one attached hydrogen (secondary N) is 1. The van der Waals surface area contributed by atoms with Gasteiger partial charge >= 0.3 is 0 Å². The summed E-state index contributed by atoms with van der Waals surface area (Å²) in [5.74, 6) is -2.59. The maximum atomic E-state index is 14.0. The van der Waals surface area contributed by atoms with Gasteiger partial charge in [0.25, 0.3) is 11.7 Å². The number of amides is 1. The molecule has 3 aromatic heterocycles. The molecule has 0 saturated carbocycles. The second-order valence-corrected chi connectivity index (χ2v) is 7.47. The van der Waals surface area contributed by atoms with Crippen molar-refractivity contribution >= 4 is 17.5 Å². The first-order valence-electron chi connectivity index (χ1n) is 9.30. The lowest BCUT2D eigenvalue weighted by Crippen LogP contribution is -2.41. The van der Waals surface area contributed by atoms with Crippen LogP contribution in [0.2, 0.25) is 5.15 Å². The van der Waals surface area contributed by atoms with Crippen LogP contribution in [0.15, 0.2) is 42.6 Å². The highest BCUT2D eigenvalue weighted by Crippen LogP contribution is 2.29. The number of nitrogens with zero attached hydrogens (tertiary/aromatic N) is 8. The molecule has 3 heterocycles. The van der Waals surface area contributed by atoms with Gasteiger partial charge in [-0.3, -0.25) is 4.79 Å². The third-order valence-corrected chi connectivity index (χ3v) is 5.00. The molecule has 0 aliphatic heterocycles. The normalized spacial score (nSPS) is 13.0. The van der Waals surface area contributed by atoms with Crippen LogP contribution < -0.4 is 5.32 Å². The molecule has 1 atom stereocenters. The fourth-order valence-electron chi connectivity index (χ4n) is 3.01. The van der Waals surface area contributed by atoms with Crippen LogP contribution in [-0.2, 0) is 12.5 Å². The molecule has 4 aromatic rings. The maximum absolute atomic E-state index is 14.0. The predicted octanol–water partition coefficient (Wildman–Crippen LogP) is 1.85. The molecule has 10 nitrogen and oxygen atoms in total. The molecule has 0 bridgehead atoms. The van der Waals surface area contributed by atoms with Crippen LogP contribution in [0.1, 0.15) is 28.9 Å². The van der Waals surface area contributed by atoms with Crippen LogP contribution in [-0.4, -0.2) is 52.6 Å². The SMILES string of the molecule is Cn1ncc(C(C)(CNC(=O)c2nnn(-c3ccc(F)cc3F)n2)c2cccc(Cl)n2)n1. The quantitative estimate of drug-likeness (QED) is 0.437. The summed E-state index contributed by atoms with van der Waals surface area (Å²) in [6.45, 7) is 1.88. The average molecular weight is 460 g/mol. The molecule has 0 saturated heterocycles. The molecule has 0 radical (unpaired) electrons. The van der Waals surface area contributed by atoms with E-state index in [2.05, 4.69) is 35.9 Å². The van der Waals surface area contributed by atoms with Gasteiger partial charge in [-0.15, -0.1) is 15.0 Å². The van der Waals surface area contributed by atoms with Crippen LogP contribution in [0, 0.1) is 11.6 Å². The Hall–Kier alpha value is -3.80. The summed E-state index contributed by atoms with van der Waals surface area (Å²) in [6, 6.07) is 8.01. The molecule has 32 heavy (non-hydrogen) atoms. The van der Waals surface area contributed by atoms with Crippen molar-refractivity contribution in [2.24, 2.45) is 7.05 Å². The van der Waals surface area contributed by atoms with Crippen molar-refractivity contribution in [1.82, 2.24) is 45.5 Å². The fourth-order valence-corrected chi connectivity index (χ4v) is 3.18. The number of pyridine rings is 1. The van der Waals surface area contributed by atoms with Crippen LogP contribution in [0.3, 0.4) is 0 Å². The Morgan fingerprint density at radius 2 is 2.00 bits per heavy atom. The van der Waals surface area contributed by atoms with Crippen molar-refractivity contribution in [2.75, 3.05) is 6.54 Å². The summed E-state index contributed by atoms with van der Waals surface area (Å²) in [7, 11) is 1.67. The maximum Gasteiger partial charge on any atom is 0.292 e. The topological polar surface area (TPSA) is 116 Å². The molecule has 0 aliphatic carbocycles. The van der Waals surface area contributed by atoms with E-state index in [-0.39, 0.29) is 23.2 Å². The van der Waals surface area contributed by atoms with E-state index in [0.29, 0.717) is 17.5 Å². The minimum absolute atomic E-state index is 0.0529. The lowest BCUT2D eigenvalue weighted by atomic mass is 9.83. The number of benzene rings is 1. The van der Waals surface area contributed by atoms with Gasteiger partial charge in [0.15, 0.2) is 5.82 Å². The van der Waals surface area contributed by atoms with Gasteiger partial charge in [-0.25, -0.2) is 13.8 Å². The zero-order valence-corrected chi connectivity index (χ0v) is 17.6. The van der Waals surface area contributed by atoms with Gasteiger partial charge < -0.3 is 5.32 Å². The van der Waals surface area contributed by atoms with Crippen molar-refractivity contribution in [3.05, 3.63) is 76.6 Å². The number of carbonyl (C=O) groups is 1. The highest BCUT2D eigenvalue weighted by Gasteiger charge is 2.35. The molecule has 0 fully saturated rings. The third kappa shape index (κ3) is 4.17. The first-order chi connectivity index (χ1) is 15.3. The number of hydrogen-bond acceptors (Lipinski definition) is 7. The van der Waals surface area contributed by atoms with Gasteiger partial charge in [0.05, 0.1) is 23.0 Å². The first kappa shape index (κ1) is 21.4. The Kier molecular flexibility index (Phi) is 5.61. The molecule has 0 aliphatic rings. The van der Waals surface area contributed by atoms with Crippen molar-refractivity contribution in [1.29, 1.82) is 0 Å². The van der Waals surface area contributed by atoms with E-state index in [4.69, 9.17) is 11.6 Å². The number of carbonyl (C=O) groups excluding carboxylic acids is 1. The molecule has 1 aromatic carbocycles. The Morgan fingerprint density at radius 1 is 1.19 bits per heavy atom. The van der Waals surface area contributed by atoms with E-state index in [9.17, 15) is 13.6 Å². The van der Waals surface area contributed by atoms with Gasteiger partial charge in [-0.1, -0.05) is 17.7 Å². The summed E-state index contributed by atoms with van der Waals surface area (Å²) < 4.78 is 27.1. The highest BCUT2D eigenvalue weighted by atomic mass is 35.5. The highest BCUT2D eigenvalue weighted by molar-refractivity contribution is 6.29. The standard InChI is InChI=1S/C19H16ClF2N9O/c1-19(15-9-24-30(2)27-15,14-4-3-5-16(20)25-14)10-23-18(32)17-26-29-31(28-17)13-7-6-11(21)8-12(13)22/h3-9H,10H2,1-2H3,(H,23,32). The van der Waals surface area contributed by atoms with Crippen LogP contribution in [0.4, 0.5) is 8.78 Å². The molecule has 1 amide bonds. The minimum atomic E-state index is -0.892.